The maximum absolute atomic E-state index is 13.7. The van der Waals surface area contributed by atoms with E-state index in [1.807, 2.05) is 0 Å². The Kier molecular flexibility index (Phi) is 6.12. The van der Waals surface area contributed by atoms with Crippen molar-refractivity contribution in [3.05, 3.63) is 70.1 Å². The summed E-state index contributed by atoms with van der Waals surface area (Å²) in [6, 6.07) is 11.6. The number of phenolic OH excluding ortho intramolecular Hbond substituents is 1. The number of fused-ring (bicyclic) bond motifs is 3. The van der Waals surface area contributed by atoms with Gasteiger partial charge in [0.2, 0.25) is 5.43 Å². The van der Waals surface area contributed by atoms with Crippen molar-refractivity contribution in [2.24, 2.45) is 0 Å². The van der Waals surface area contributed by atoms with Crippen LogP contribution in [0.15, 0.2) is 57.9 Å². The van der Waals surface area contributed by atoms with Gasteiger partial charge < -0.3 is 33.2 Å². The van der Waals surface area contributed by atoms with Crippen LogP contribution in [-0.4, -0.2) is 39.5 Å². The Balaban J connectivity index is 1.74. The highest BCUT2D eigenvalue weighted by atomic mass is 16.5. The van der Waals surface area contributed by atoms with Crippen LogP contribution in [-0.2, 0) is 4.79 Å². The Bertz CT molecular complexity index is 1590. The maximum Gasteiger partial charge on any atom is 0.312 e. The predicted molar refractivity (Wildman–Crippen MR) is 134 cm³/mol. The molecule has 0 amide bonds. The molecule has 9 heteroatoms. The number of esters is 1. The van der Waals surface area contributed by atoms with Crippen LogP contribution in [0.25, 0.3) is 22.1 Å². The molecule has 3 aromatic carbocycles. The van der Waals surface area contributed by atoms with Crippen LogP contribution in [0.4, 0.5) is 0 Å². The predicted octanol–water partition coefficient (Wildman–Crippen LogP) is 4.64. The molecule has 4 aromatic rings. The van der Waals surface area contributed by atoms with Gasteiger partial charge in [0, 0.05) is 29.2 Å². The molecule has 0 spiro atoms. The van der Waals surface area contributed by atoms with E-state index in [-0.39, 0.29) is 34.5 Å². The third-order valence-corrected chi connectivity index (χ3v) is 6.48. The fraction of sp³-hybridized carbons (Fsp3) is 0.214. The molecule has 2 heterocycles. The summed E-state index contributed by atoms with van der Waals surface area (Å²) in [6.45, 7) is 0. The molecule has 0 unspecified atom stereocenters. The summed E-state index contributed by atoms with van der Waals surface area (Å²) in [6.07, 6.45) is 1.31. The minimum absolute atomic E-state index is 0.0172. The minimum atomic E-state index is -0.560. The van der Waals surface area contributed by atoms with Crippen LogP contribution < -0.4 is 29.1 Å². The van der Waals surface area contributed by atoms with Gasteiger partial charge >= 0.3 is 5.97 Å². The average molecular weight is 504 g/mol. The van der Waals surface area contributed by atoms with Crippen LogP contribution >= 0.6 is 0 Å². The van der Waals surface area contributed by atoms with E-state index in [1.54, 1.807) is 43.5 Å². The van der Waals surface area contributed by atoms with Crippen molar-refractivity contribution in [1.29, 1.82) is 0 Å². The molecule has 1 aromatic heterocycles. The third-order valence-electron chi connectivity index (χ3n) is 6.48. The van der Waals surface area contributed by atoms with E-state index in [0.29, 0.717) is 39.7 Å². The molecule has 0 saturated heterocycles. The number of methoxy groups -OCH3 is 4. The molecule has 9 nitrogen and oxygen atoms in total. The highest BCUT2D eigenvalue weighted by Crippen LogP contribution is 2.48. The monoisotopic (exact) mass is 504 g/mol. The number of benzene rings is 3. The number of hydrogen-bond acceptors (Lipinski definition) is 9. The number of rotatable bonds is 6. The smallest absolute Gasteiger partial charge is 0.312 e. The molecule has 0 saturated carbocycles. The molecular formula is C28H24O9. The van der Waals surface area contributed by atoms with Crippen LogP contribution in [0.3, 0.4) is 0 Å². The second-order valence-electron chi connectivity index (χ2n) is 8.40. The molecule has 1 aliphatic heterocycles. The van der Waals surface area contributed by atoms with Gasteiger partial charge in [0.15, 0.2) is 11.5 Å². The normalized spacial score (nSPS) is 14.6. The van der Waals surface area contributed by atoms with Gasteiger partial charge in [0.25, 0.3) is 0 Å². The zero-order valence-electron chi connectivity index (χ0n) is 20.6. The van der Waals surface area contributed by atoms with Crippen molar-refractivity contribution in [3.63, 3.8) is 0 Å². The lowest BCUT2D eigenvalue weighted by Gasteiger charge is -2.27. The van der Waals surface area contributed by atoms with Crippen LogP contribution in [0.1, 0.15) is 23.5 Å². The van der Waals surface area contributed by atoms with Gasteiger partial charge in [-0.2, -0.15) is 0 Å². The van der Waals surface area contributed by atoms with Crippen LogP contribution in [0.2, 0.25) is 0 Å². The van der Waals surface area contributed by atoms with Gasteiger partial charge in [-0.05, 0) is 23.8 Å². The van der Waals surface area contributed by atoms with Crippen molar-refractivity contribution < 1.29 is 38.0 Å². The number of carbonyl (C=O) groups excluding carboxylic acids is 1. The molecule has 0 radical (unpaired) electrons. The Morgan fingerprint density at radius 3 is 2.32 bits per heavy atom. The summed E-state index contributed by atoms with van der Waals surface area (Å²) >= 11 is 0. The first kappa shape index (κ1) is 24.1. The van der Waals surface area contributed by atoms with E-state index in [0.717, 1.165) is 0 Å². The van der Waals surface area contributed by atoms with E-state index >= 15 is 0 Å². The quantitative estimate of drug-likeness (QED) is 0.296. The highest BCUT2D eigenvalue weighted by Gasteiger charge is 2.35. The first-order chi connectivity index (χ1) is 17.9. The molecule has 0 bridgehead atoms. The number of aromatic hydroxyl groups is 1. The zero-order chi connectivity index (χ0) is 26.3. The summed E-state index contributed by atoms with van der Waals surface area (Å²) in [4.78, 5) is 26.2. The van der Waals surface area contributed by atoms with Crippen molar-refractivity contribution in [3.8, 4) is 45.6 Å². The Hall–Kier alpha value is -4.66. The second kappa shape index (κ2) is 9.42. The van der Waals surface area contributed by atoms with Gasteiger partial charge in [0.05, 0.1) is 40.4 Å². The van der Waals surface area contributed by atoms with E-state index < -0.39 is 17.3 Å². The summed E-state index contributed by atoms with van der Waals surface area (Å²) in [5.41, 5.74) is 1.55. The molecular weight excluding hydrogens is 480 g/mol. The number of phenols is 1. The maximum atomic E-state index is 13.7. The molecule has 1 aliphatic rings. The molecule has 190 valence electrons. The number of ether oxygens (including phenoxy) is 5. The lowest BCUT2D eigenvalue weighted by molar-refractivity contribution is -0.135. The zero-order valence-corrected chi connectivity index (χ0v) is 20.6. The SMILES string of the molecule is COc1ccc([C@@H]2CC(=O)Oc3cc(O)c4c(=O)c(-c5ccc(OC)c(OC)c5)coc4c32)c(OC)c1. The Morgan fingerprint density at radius 1 is 0.865 bits per heavy atom. The van der Waals surface area contributed by atoms with Crippen LogP contribution in [0.5, 0.6) is 34.5 Å². The Morgan fingerprint density at radius 2 is 1.62 bits per heavy atom. The second-order valence-corrected chi connectivity index (χ2v) is 8.40. The van der Waals surface area contributed by atoms with E-state index in [2.05, 4.69) is 0 Å². The van der Waals surface area contributed by atoms with Gasteiger partial charge in [-0.15, -0.1) is 0 Å². The first-order valence-electron chi connectivity index (χ1n) is 11.4. The molecule has 37 heavy (non-hydrogen) atoms. The molecule has 1 atom stereocenters. The van der Waals surface area contributed by atoms with Gasteiger partial charge in [0.1, 0.15) is 40.2 Å². The topological polar surface area (TPSA) is 114 Å². The lowest BCUT2D eigenvalue weighted by atomic mass is 9.84. The molecule has 1 N–H and O–H groups in total. The fourth-order valence-corrected chi connectivity index (χ4v) is 4.71. The summed E-state index contributed by atoms with van der Waals surface area (Å²) < 4.78 is 33.0. The lowest BCUT2D eigenvalue weighted by Crippen LogP contribution is -2.22. The third kappa shape index (κ3) is 3.98. The van der Waals surface area contributed by atoms with E-state index in [9.17, 15) is 14.7 Å². The van der Waals surface area contributed by atoms with Crippen molar-refractivity contribution in [2.75, 3.05) is 28.4 Å². The van der Waals surface area contributed by atoms with Gasteiger partial charge in [-0.3, -0.25) is 9.59 Å². The summed E-state index contributed by atoms with van der Waals surface area (Å²) in [7, 11) is 6.08. The summed E-state index contributed by atoms with van der Waals surface area (Å²) in [5.74, 6) is 0.732. The minimum Gasteiger partial charge on any atom is -0.507 e. The highest BCUT2D eigenvalue weighted by molar-refractivity contribution is 5.94. The fourth-order valence-electron chi connectivity index (χ4n) is 4.71. The molecule has 0 fully saturated rings. The van der Waals surface area contributed by atoms with Gasteiger partial charge in [-0.25, -0.2) is 0 Å². The average Bonchev–Trinajstić information content (AvgIpc) is 2.91. The van der Waals surface area contributed by atoms with Crippen molar-refractivity contribution in [2.45, 2.75) is 12.3 Å². The van der Waals surface area contributed by atoms with Crippen LogP contribution in [0, 0.1) is 0 Å². The molecule has 0 aliphatic carbocycles. The Labute approximate surface area is 211 Å². The standard InChI is InChI=1S/C28H24O9/c1-32-15-6-7-16(21(10-15)34-3)17-11-24(30)37-23-12-19(29)26-27(31)18(13-36-28(26)25(17)23)14-5-8-20(33-2)22(9-14)35-4/h5-10,12-13,17,29H,11H2,1-4H3/t17-/m0/s1. The van der Waals surface area contributed by atoms with Gasteiger partial charge in [-0.1, -0.05) is 12.1 Å². The molecule has 5 rings (SSSR count). The van der Waals surface area contributed by atoms with Crippen molar-refractivity contribution >= 4 is 16.9 Å². The number of hydrogen-bond donors (Lipinski definition) is 1. The van der Waals surface area contributed by atoms with E-state index in [1.165, 1.54) is 33.7 Å². The summed E-state index contributed by atoms with van der Waals surface area (Å²) in [5, 5.41) is 10.8. The number of carbonyl (C=O) groups is 1. The van der Waals surface area contributed by atoms with Crippen molar-refractivity contribution in [1.82, 2.24) is 0 Å². The van der Waals surface area contributed by atoms with E-state index in [4.69, 9.17) is 28.1 Å². The largest absolute Gasteiger partial charge is 0.507 e. The first-order valence-corrected chi connectivity index (χ1v) is 11.4.